The molecule has 0 aliphatic carbocycles. The van der Waals surface area contributed by atoms with E-state index in [0.29, 0.717) is 11.5 Å². The van der Waals surface area contributed by atoms with Gasteiger partial charge in [0.25, 0.3) is 0 Å². The van der Waals surface area contributed by atoms with Gasteiger partial charge >= 0.3 is 0 Å². The molecule has 0 fully saturated rings. The average Bonchev–Trinajstić information content (AvgIpc) is 3.51. The Kier molecular flexibility index (Phi) is 3.75. The average molecular weight is 408 g/mol. The van der Waals surface area contributed by atoms with Crippen LogP contribution in [-0.4, -0.2) is 30.1 Å². The smallest absolute Gasteiger partial charge is 0.178 e. The number of aryl methyl sites for hydroxylation is 1. The van der Waals surface area contributed by atoms with Crippen LogP contribution in [0.3, 0.4) is 0 Å². The molecular formula is C23H16N6S. The summed E-state index contributed by atoms with van der Waals surface area (Å²) in [7, 11) is 0. The second-order valence-electron chi connectivity index (χ2n) is 7.14. The molecule has 0 saturated carbocycles. The van der Waals surface area contributed by atoms with Crippen LogP contribution in [0, 0.1) is 6.92 Å². The van der Waals surface area contributed by atoms with Crippen molar-refractivity contribution in [3.63, 3.8) is 0 Å². The lowest BCUT2D eigenvalue weighted by Crippen LogP contribution is -1.85. The maximum Gasteiger partial charge on any atom is 0.178 e. The molecule has 6 rings (SSSR count). The van der Waals surface area contributed by atoms with Crippen LogP contribution in [0.2, 0.25) is 0 Å². The van der Waals surface area contributed by atoms with Crippen LogP contribution in [0.4, 0.5) is 0 Å². The maximum atomic E-state index is 4.74. The molecule has 0 bridgehead atoms. The molecule has 0 saturated heterocycles. The van der Waals surface area contributed by atoms with Crippen LogP contribution < -0.4 is 0 Å². The highest BCUT2D eigenvalue weighted by Crippen LogP contribution is 2.34. The van der Waals surface area contributed by atoms with E-state index < -0.39 is 0 Å². The minimum atomic E-state index is 0.686. The van der Waals surface area contributed by atoms with Crippen molar-refractivity contribution in [1.82, 2.24) is 30.1 Å². The van der Waals surface area contributed by atoms with Crippen molar-refractivity contribution >= 4 is 33.4 Å². The number of thiophene rings is 1. The highest BCUT2D eigenvalue weighted by atomic mass is 32.1. The van der Waals surface area contributed by atoms with Crippen molar-refractivity contribution in [2.75, 3.05) is 0 Å². The van der Waals surface area contributed by atoms with E-state index in [1.165, 1.54) is 10.4 Å². The third-order valence-corrected chi connectivity index (χ3v) is 6.22. The standard InChI is InChI=1S/C23H16N6S/c1-13-6-8-24-12-17(13)14-4-5-18-16(11-14)21(29-28-18)23-26-20-15(19-3-2-10-30-19)7-9-25-22(20)27-23/h2-12H,1H3,(H,28,29)(H,25,26,27). The van der Waals surface area contributed by atoms with Gasteiger partial charge in [-0.2, -0.15) is 5.10 Å². The first-order chi connectivity index (χ1) is 14.8. The van der Waals surface area contributed by atoms with Gasteiger partial charge in [-0.15, -0.1) is 11.3 Å². The number of hydrogen-bond acceptors (Lipinski definition) is 5. The van der Waals surface area contributed by atoms with E-state index in [4.69, 9.17) is 4.98 Å². The van der Waals surface area contributed by atoms with Gasteiger partial charge in [-0.1, -0.05) is 12.1 Å². The molecule has 0 aliphatic heterocycles. The van der Waals surface area contributed by atoms with E-state index in [9.17, 15) is 0 Å². The summed E-state index contributed by atoms with van der Waals surface area (Å²) in [5, 5.41) is 10.8. The molecule has 0 spiro atoms. The van der Waals surface area contributed by atoms with Gasteiger partial charge in [-0.3, -0.25) is 10.1 Å². The Labute approximate surface area is 175 Å². The summed E-state index contributed by atoms with van der Waals surface area (Å²) in [6.45, 7) is 2.09. The molecule has 7 heteroatoms. The first-order valence-corrected chi connectivity index (χ1v) is 10.4. The van der Waals surface area contributed by atoms with Crippen molar-refractivity contribution in [2.45, 2.75) is 6.92 Å². The fraction of sp³-hybridized carbons (Fsp3) is 0.0435. The Morgan fingerprint density at radius 3 is 2.83 bits per heavy atom. The monoisotopic (exact) mass is 408 g/mol. The number of fused-ring (bicyclic) bond motifs is 2. The summed E-state index contributed by atoms with van der Waals surface area (Å²) in [5.41, 5.74) is 7.84. The number of imidazole rings is 1. The second-order valence-corrected chi connectivity index (χ2v) is 8.09. The van der Waals surface area contributed by atoms with Gasteiger partial charge in [0, 0.05) is 40.0 Å². The summed E-state index contributed by atoms with van der Waals surface area (Å²) in [6, 6.07) is 14.5. The predicted octanol–water partition coefficient (Wildman–Crippen LogP) is 5.60. The Bertz CT molecular complexity index is 1510. The van der Waals surface area contributed by atoms with E-state index in [2.05, 4.69) is 55.7 Å². The maximum absolute atomic E-state index is 4.74. The lowest BCUT2D eigenvalue weighted by molar-refractivity contribution is 1.10. The Balaban J connectivity index is 1.53. The van der Waals surface area contributed by atoms with Crippen LogP contribution in [0.5, 0.6) is 0 Å². The number of aromatic nitrogens is 6. The summed E-state index contributed by atoms with van der Waals surface area (Å²) < 4.78 is 0. The van der Waals surface area contributed by atoms with E-state index in [0.717, 1.165) is 38.8 Å². The van der Waals surface area contributed by atoms with Gasteiger partial charge in [-0.25, -0.2) is 9.97 Å². The van der Waals surface area contributed by atoms with Gasteiger partial charge in [0.2, 0.25) is 0 Å². The quantitative estimate of drug-likeness (QED) is 0.399. The van der Waals surface area contributed by atoms with Crippen LogP contribution in [0.25, 0.3) is 55.2 Å². The minimum Gasteiger partial charge on any atom is -0.335 e. The highest BCUT2D eigenvalue weighted by molar-refractivity contribution is 7.13. The normalized spacial score (nSPS) is 11.5. The molecule has 0 atom stereocenters. The zero-order chi connectivity index (χ0) is 20.1. The fourth-order valence-corrected chi connectivity index (χ4v) is 4.55. The van der Waals surface area contributed by atoms with Crippen molar-refractivity contribution in [2.24, 2.45) is 0 Å². The molecule has 0 unspecified atom stereocenters. The third-order valence-electron chi connectivity index (χ3n) is 5.32. The number of hydrogen-bond donors (Lipinski definition) is 2. The zero-order valence-electron chi connectivity index (χ0n) is 16.0. The van der Waals surface area contributed by atoms with Gasteiger partial charge in [0.15, 0.2) is 11.5 Å². The zero-order valence-corrected chi connectivity index (χ0v) is 16.9. The summed E-state index contributed by atoms with van der Waals surface area (Å²) in [6.07, 6.45) is 5.51. The van der Waals surface area contributed by atoms with Crippen molar-refractivity contribution < 1.29 is 0 Å². The van der Waals surface area contributed by atoms with E-state index in [-0.39, 0.29) is 0 Å². The predicted molar refractivity (Wildman–Crippen MR) is 120 cm³/mol. The number of pyridine rings is 2. The third kappa shape index (κ3) is 2.63. The van der Waals surface area contributed by atoms with Crippen LogP contribution in [0.1, 0.15) is 5.56 Å². The molecule has 0 aliphatic rings. The second kappa shape index (κ2) is 6.60. The van der Waals surface area contributed by atoms with Crippen LogP contribution in [0.15, 0.2) is 66.4 Å². The lowest BCUT2D eigenvalue weighted by atomic mass is 10.0. The number of nitrogens with one attached hydrogen (secondary N) is 2. The summed E-state index contributed by atoms with van der Waals surface area (Å²) in [4.78, 5) is 18.1. The van der Waals surface area contributed by atoms with Gasteiger partial charge < -0.3 is 4.98 Å². The topological polar surface area (TPSA) is 83.1 Å². The number of rotatable bonds is 3. The largest absolute Gasteiger partial charge is 0.335 e. The van der Waals surface area contributed by atoms with Crippen molar-refractivity contribution in [1.29, 1.82) is 0 Å². The van der Waals surface area contributed by atoms with Crippen molar-refractivity contribution in [3.05, 3.63) is 72.0 Å². The molecule has 6 nitrogen and oxygen atoms in total. The molecule has 144 valence electrons. The molecule has 0 radical (unpaired) electrons. The number of aromatic amines is 2. The number of benzene rings is 1. The minimum absolute atomic E-state index is 0.686. The first-order valence-electron chi connectivity index (χ1n) is 9.56. The van der Waals surface area contributed by atoms with Crippen LogP contribution in [-0.2, 0) is 0 Å². The summed E-state index contributed by atoms with van der Waals surface area (Å²) in [5.74, 6) is 0.702. The molecule has 5 heterocycles. The molecule has 0 amide bonds. The van der Waals surface area contributed by atoms with E-state index in [1.807, 2.05) is 36.7 Å². The molecule has 1 aromatic carbocycles. The number of nitrogens with zero attached hydrogens (tertiary/aromatic N) is 4. The highest BCUT2D eigenvalue weighted by Gasteiger charge is 2.16. The van der Waals surface area contributed by atoms with Crippen LogP contribution >= 0.6 is 11.3 Å². The molecule has 6 aromatic rings. The Morgan fingerprint density at radius 1 is 1.00 bits per heavy atom. The Morgan fingerprint density at radius 2 is 1.97 bits per heavy atom. The number of H-pyrrole nitrogens is 2. The van der Waals surface area contributed by atoms with Gasteiger partial charge in [0.05, 0.1) is 11.0 Å². The SMILES string of the molecule is Cc1ccncc1-c1ccc2[nH]nc(-c3nc4nccc(-c5cccs5)c4[nH]3)c2c1. The van der Waals surface area contributed by atoms with Gasteiger partial charge in [0.1, 0.15) is 5.69 Å². The summed E-state index contributed by atoms with van der Waals surface area (Å²) >= 11 is 1.70. The molecule has 5 aromatic heterocycles. The lowest BCUT2D eigenvalue weighted by Gasteiger charge is -2.05. The van der Waals surface area contributed by atoms with Crippen molar-refractivity contribution in [3.8, 4) is 33.1 Å². The molecular weight excluding hydrogens is 392 g/mol. The fourth-order valence-electron chi connectivity index (χ4n) is 3.79. The molecule has 30 heavy (non-hydrogen) atoms. The van der Waals surface area contributed by atoms with E-state index in [1.54, 1.807) is 17.5 Å². The van der Waals surface area contributed by atoms with Gasteiger partial charge in [-0.05, 0) is 53.8 Å². The Hall–Kier alpha value is -3.84. The van der Waals surface area contributed by atoms with E-state index >= 15 is 0 Å². The molecule has 2 N–H and O–H groups in total. The first kappa shape index (κ1) is 17.1.